The van der Waals surface area contributed by atoms with E-state index in [2.05, 4.69) is 37.3 Å². The van der Waals surface area contributed by atoms with Crippen LogP contribution in [0.25, 0.3) is 0 Å². The SMILES string of the molecule is C#CCN(Cc1ccccc1)c1n[nH]nc1C(=O)c1ccc(Br)cc1. The second-order valence-electron chi connectivity index (χ2n) is 5.38. The first-order valence-corrected chi connectivity index (χ1v) is 8.41. The molecule has 1 aromatic heterocycles. The van der Waals surface area contributed by atoms with Gasteiger partial charge in [-0.15, -0.1) is 11.5 Å². The molecule has 25 heavy (non-hydrogen) atoms. The summed E-state index contributed by atoms with van der Waals surface area (Å²) < 4.78 is 0.905. The molecule has 0 aliphatic rings. The number of terminal acetylenes is 1. The van der Waals surface area contributed by atoms with Crippen molar-refractivity contribution in [1.82, 2.24) is 15.4 Å². The molecule has 0 spiro atoms. The lowest BCUT2D eigenvalue weighted by Crippen LogP contribution is -2.25. The number of halogens is 1. The van der Waals surface area contributed by atoms with Crippen LogP contribution in [0.5, 0.6) is 0 Å². The van der Waals surface area contributed by atoms with Crippen LogP contribution in [0.4, 0.5) is 5.82 Å². The molecule has 0 aliphatic heterocycles. The van der Waals surface area contributed by atoms with Gasteiger partial charge in [0.25, 0.3) is 0 Å². The minimum atomic E-state index is -0.202. The van der Waals surface area contributed by atoms with Gasteiger partial charge in [0.2, 0.25) is 5.78 Å². The van der Waals surface area contributed by atoms with E-state index in [9.17, 15) is 4.79 Å². The van der Waals surface area contributed by atoms with E-state index >= 15 is 0 Å². The Hall–Kier alpha value is -2.91. The molecule has 0 unspecified atom stereocenters. The maximum atomic E-state index is 12.8. The van der Waals surface area contributed by atoms with E-state index in [0.717, 1.165) is 10.0 Å². The van der Waals surface area contributed by atoms with Gasteiger partial charge in [0.1, 0.15) is 0 Å². The zero-order chi connectivity index (χ0) is 17.6. The summed E-state index contributed by atoms with van der Waals surface area (Å²) >= 11 is 3.36. The van der Waals surface area contributed by atoms with Crippen molar-refractivity contribution in [2.24, 2.45) is 0 Å². The molecule has 3 rings (SSSR count). The fraction of sp³-hybridized carbons (Fsp3) is 0.105. The molecule has 6 heteroatoms. The summed E-state index contributed by atoms with van der Waals surface area (Å²) in [6.07, 6.45) is 5.50. The number of nitrogens with one attached hydrogen (secondary N) is 1. The molecule has 2 aromatic carbocycles. The highest BCUT2D eigenvalue weighted by atomic mass is 79.9. The summed E-state index contributed by atoms with van der Waals surface area (Å²) in [6, 6.07) is 17.0. The molecule has 0 saturated carbocycles. The predicted molar refractivity (Wildman–Crippen MR) is 100 cm³/mol. The lowest BCUT2D eigenvalue weighted by atomic mass is 10.1. The van der Waals surface area contributed by atoms with E-state index in [4.69, 9.17) is 6.42 Å². The monoisotopic (exact) mass is 394 g/mol. The van der Waals surface area contributed by atoms with Gasteiger partial charge in [0.05, 0.1) is 6.54 Å². The lowest BCUT2D eigenvalue weighted by molar-refractivity contribution is 0.103. The van der Waals surface area contributed by atoms with E-state index in [1.54, 1.807) is 12.1 Å². The Bertz CT molecular complexity index is 897. The van der Waals surface area contributed by atoms with Crippen molar-refractivity contribution in [2.75, 3.05) is 11.4 Å². The minimum Gasteiger partial charge on any atom is -0.338 e. The summed E-state index contributed by atoms with van der Waals surface area (Å²) in [4.78, 5) is 14.6. The number of H-pyrrole nitrogens is 1. The second-order valence-corrected chi connectivity index (χ2v) is 6.29. The summed E-state index contributed by atoms with van der Waals surface area (Å²) in [5.41, 5.74) is 1.87. The first kappa shape index (κ1) is 16.9. The van der Waals surface area contributed by atoms with Gasteiger partial charge < -0.3 is 4.90 Å². The zero-order valence-corrected chi connectivity index (χ0v) is 14.9. The number of carbonyl (C=O) groups is 1. The van der Waals surface area contributed by atoms with Crippen LogP contribution in [0.3, 0.4) is 0 Å². The zero-order valence-electron chi connectivity index (χ0n) is 13.3. The van der Waals surface area contributed by atoms with Crippen LogP contribution in [0.2, 0.25) is 0 Å². The summed E-state index contributed by atoms with van der Waals surface area (Å²) in [7, 11) is 0. The van der Waals surface area contributed by atoms with Gasteiger partial charge in [-0.2, -0.15) is 10.3 Å². The van der Waals surface area contributed by atoms with Gasteiger partial charge in [-0.3, -0.25) is 4.79 Å². The molecular formula is C19H15BrN4O. The minimum absolute atomic E-state index is 0.202. The Kier molecular flexibility index (Phi) is 5.26. The summed E-state index contributed by atoms with van der Waals surface area (Å²) in [5.74, 6) is 2.87. The number of anilines is 1. The van der Waals surface area contributed by atoms with Crippen molar-refractivity contribution in [3.05, 3.63) is 75.9 Å². The number of aromatic amines is 1. The lowest BCUT2D eigenvalue weighted by Gasteiger charge is -2.20. The molecular weight excluding hydrogens is 380 g/mol. The molecule has 124 valence electrons. The quantitative estimate of drug-likeness (QED) is 0.513. The Morgan fingerprint density at radius 1 is 1.12 bits per heavy atom. The smallest absolute Gasteiger partial charge is 0.217 e. The number of hydrogen-bond acceptors (Lipinski definition) is 4. The number of rotatable bonds is 6. The van der Waals surface area contributed by atoms with Crippen LogP contribution in [0.15, 0.2) is 59.1 Å². The van der Waals surface area contributed by atoms with Crippen molar-refractivity contribution in [2.45, 2.75) is 6.54 Å². The second kappa shape index (κ2) is 7.77. The van der Waals surface area contributed by atoms with Crippen molar-refractivity contribution >= 4 is 27.5 Å². The van der Waals surface area contributed by atoms with Gasteiger partial charge >= 0.3 is 0 Å². The summed E-state index contributed by atoms with van der Waals surface area (Å²) in [6.45, 7) is 0.861. The Morgan fingerprint density at radius 3 is 2.52 bits per heavy atom. The molecule has 3 aromatic rings. The van der Waals surface area contributed by atoms with Crippen LogP contribution in [-0.4, -0.2) is 27.7 Å². The van der Waals surface area contributed by atoms with E-state index in [-0.39, 0.29) is 11.5 Å². The van der Waals surface area contributed by atoms with E-state index in [0.29, 0.717) is 24.5 Å². The molecule has 1 heterocycles. The molecule has 0 bridgehead atoms. The standard InChI is InChI=1S/C19H15BrN4O/c1-2-12-24(13-14-6-4-3-5-7-14)19-17(21-23-22-19)18(25)15-8-10-16(20)11-9-15/h1,3-11H,12-13H2,(H,21,22,23). The van der Waals surface area contributed by atoms with Crippen molar-refractivity contribution in [3.63, 3.8) is 0 Å². The molecule has 0 saturated heterocycles. The first-order valence-electron chi connectivity index (χ1n) is 7.62. The Morgan fingerprint density at radius 2 is 1.84 bits per heavy atom. The van der Waals surface area contributed by atoms with Gasteiger partial charge in [-0.25, -0.2) is 0 Å². The third kappa shape index (κ3) is 3.95. The maximum Gasteiger partial charge on any atom is 0.217 e. The number of carbonyl (C=O) groups excluding carboxylic acids is 1. The fourth-order valence-electron chi connectivity index (χ4n) is 2.46. The average Bonchev–Trinajstić information content (AvgIpc) is 3.12. The van der Waals surface area contributed by atoms with Gasteiger partial charge in [-0.1, -0.05) is 52.2 Å². The number of hydrogen-bond donors (Lipinski definition) is 1. The molecule has 0 fully saturated rings. The Labute approximate surface area is 154 Å². The molecule has 0 radical (unpaired) electrons. The van der Waals surface area contributed by atoms with Crippen LogP contribution in [0, 0.1) is 12.3 Å². The predicted octanol–water partition coefficient (Wildman–Crippen LogP) is 3.44. The Balaban J connectivity index is 1.91. The number of aromatic nitrogens is 3. The maximum absolute atomic E-state index is 12.8. The van der Waals surface area contributed by atoms with Crippen LogP contribution < -0.4 is 4.90 Å². The van der Waals surface area contributed by atoms with Crippen LogP contribution >= 0.6 is 15.9 Å². The van der Waals surface area contributed by atoms with Gasteiger partial charge in [-0.05, 0) is 29.8 Å². The van der Waals surface area contributed by atoms with Gasteiger partial charge in [0, 0.05) is 16.6 Å². The van der Waals surface area contributed by atoms with Crippen molar-refractivity contribution < 1.29 is 4.79 Å². The third-order valence-electron chi connectivity index (χ3n) is 3.65. The number of benzene rings is 2. The number of ketones is 1. The van der Waals surface area contributed by atoms with Crippen molar-refractivity contribution in [3.8, 4) is 12.3 Å². The highest BCUT2D eigenvalue weighted by molar-refractivity contribution is 9.10. The number of nitrogens with zero attached hydrogens (tertiary/aromatic N) is 3. The first-order chi connectivity index (χ1) is 12.2. The summed E-state index contributed by atoms with van der Waals surface area (Å²) in [5, 5.41) is 10.8. The van der Waals surface area contributed by atoms with E-state index in [1.165, 1.54) is 0 Å². The average molecular weight is 395 g/mol. The third-order valence-corrected chi connectivity index (χ3v) is 4.18. The molecule has 0 amide bonds. The fourth-order valence-corrected chi connectivity index (χ4v) is 2.72. The molecule has 0 atom stereocenters. The molecule has 1 N–H and O–H groups in total. The van der Waals surface area contributed by atoms with Crippen molar-refractivity contribution in [1.29, 1.82) is 0 Å². The normalized spacial score (nSPS) is 10.2. The largest absolute Gasteiger partial charge is 0.338 e. The van der Waals surface area contributed by atoms with E-state index < -0.39 is 0 Å². The molecule has 5 nitrogen and oxygen atoms in total. The highest BCUT2D eigenvalue weighted by Crippen LogP contribution is 2.21. The highest BCUT2D eigenvalue weighted by Gasteiger charge is 2.22. The van der Waals surface area contributed by atoms with Gasteiger partial charge in [0.15, 0.2) is 11.5 Å². The van der Waals surface area contributed by atoms with Crippen LogP contribution in [0.1, 0.15) is 21.6 Å². The topological polar surface area (TPSA) is 61.9 Å². The van der Waals surface area contributed by atoms with E-state index in [1.807, 2.05) is 47.4 Å². The van der Waals surface area contributed by atoms with Crippen LogP contribution in [-0.2, 0) is 6.54 Å². The molecule has 0 aliphatic carbocycles.